The number of hydroxylamine groups is 2. The molecule has 5 saturated carbocycles. The third kappa shape index (κ3) is 9.99. The summed E-state index contributed by atoms with van der Waals surface area (Å²) in [7, 11) is 5.90. The number of likely N-dealkylation sites (N-methyl/N-ethyl adjacent to an activating group) is 1. The molecule has 1 heterocycles. The number of nitrogens with zero attached hydrogens (tertiary/aromatic N) is 2. The number of hydrogen-bond donors (Lipinski definition) is 4. The number of aliphatic hydroxyl groups is 1. The first-order valence-electron chi connectivity index (χ1n) is 21.2. The Kier molecular flexibility index (Phi) is 14.9. The molecule has 1 saturated heterocycles. The second kappa shape index (κ2) is 18.6. The first-order valence-corrected chi connectivity index (χ1v) is 21.2. The second-order valence-electron chi connectivity index (χ2n) is 19.3. The van der Waals surface area contributed by atoms with E-state index in [1.807, 2.05) is 0 Å². The second-order valence-corrected chi connectivity index (χ2v) is 19.3. The minimum absolute atomic E-state index is 0.00870. The van der Waals surface area contributed by atoms with Crippen LogP contribution in [0.25, 0.3) is 0 Å². The lowest BCUT2D eigenvalue weighted by Crippen LogP contribution is -2.62. The Morgan fingerprint density at radius 1 is 1.02 bits per heavy atom. The largest absolute Gasteiger partial charge is 0.480 e. The Balaban J connectivity index is 1.30. The van der Waals surface area contributed by atoms with Crippen molar-refractivity contribution in [2.24, 2.45) is 58.7 Å². The van der Waals surface area contributed by atoms with Crippen molar-refractivity contribution in [1.29, 1.82) is 0 Å². The fraction of sp³-hybridized carbons (Fsp3) is 0.929. The first-order chi connectivity index (χ1) is 25.5. The molecule has 7 unspecified atom stereocenters. The highest BCUT2D eigenvalue weighted by Crippen LogP contribution is 2.61. The third-order valence-corrected chi connectivity index (χ3v) is 14.5. The van der Waals surface area contributed by atoms with E-state index < -0.39 is 36.7 Å². The van der Waals surface area contributed by atoms with E-state index in [0.717, 1.165) is 64.3 Å². The number of carboxylic acid groups (broad SMARTS) is 1. The number of fused-ring (bicyclic) bond motifs is 2. The van der Waals surface area contributed by atoms with Crippen LogP contribution in [0.3, 0.4) is 0 Å². The third-order valence-electron chi connectivity index (χ3n) is 14.5. The van der Waals surface area contributed by atoms with Gasteiger partial charge >= 0.3 is 5.97 Å². The molecule has 14 atom stereocenters. The summed E-state index contributed by atoms with van der Waals surface area (Å²) in [5.41, 5.74) is 0.287. The molecular formula is C42H74N4O8. The number of nitrogens with one attached hydrogen (secondary N) is 2. The van der Waals surface area contributed by atoms with Crippen molar-refractivity contribution in [3.8, 4) is 0 Å². The fourth-order valence-corrected chi connectivity index (χ4v) is 11.7. The Hall–Kier alpha value is -1.83. The van der Waals surface area contributed by atoms with Gasteiger partial charge in [0.1, 0.15) is 18.8 Å². The van der Waals surface area contributed by atoms with Crippen molar-refractivity contribution in [1.82, 2.24) is 20.6 Å². The molecule has 6 aliphatic rings. The Morgan fingerprint density at radius 2 is 1.74 bits per heavy atom. The molecule has 0 aromatic carbocycles. The van der Waals surface area contributed by atoms with Gasteiger partial charge in [-0.05, 0) is 107 Å². The molecule has 54 heavy (non-hydrogen) atoms. The van der Waals surface area contributed by atoms with Crippen LogP contribution in [-0.2, 0) is 28.7 Å². The van der Waals surface area contributed by atoms with Crippen LogP contribution in [0.1, 0.15) is 106 Å². The Morgan fingerprint density at radius 3 is 2.35 bits per heavy atom. The van der Waals surface area contributed by atoms with Crippen LogP contribution >= 0.6 is 0 Å². The molecule has 2 bridgehead atoms. The molecule has 0 spiro atoms. The number of rotatable bonds is 17. The number of ether oxygens (including phenoxy) is 2. The summed E-state index contributed by atoms with van der Waals surface area (Å²) in [5, 5.41) is 29.0. The van der Waals surface area contributed by atoms with Gasteiger partial charge in [-0.1, -0.05) is 53.9 Å². The van der Waals surface area contributed by atoms with E-state index in [0.29, 0.717) is 36.1 Å². The summed E-state index contributed by atoms with van der Waals surface area (Å²) in [6, 6.07) is -0.575. The topological polar surface area (TPSA) is 150 Å². The standard InChI is InChI=1S/C42H74N4O8/c1-24(2)16-31(21-45(7)8)43-40(50)28-13-10-12-27(17-28)32-15-11-14-29(39(32)52-9)20-46-38(37(26(4)47)35(54-46)22-53-23-36(48)49)41(51)44-34-19-30-18-33(25(34)3)42(30,5)6/h24-35,37-39,47H,10-23H2,1-9H3,(H,43,50)(H,44,51)(H,48,49)/t25-,26-,27?,28?,29?,30?,31+,32?,33-,34-,35-,37-,38?,39?/m0/s1. The van der Waals surface area contributed by atoms with Crippen LogP contribution in [0.2, 0.25) is 0 Å². The van der Waals surface area contributed by atoms with Gasteiger partial charge in [-0.15, -0.1) is 0 Å². The maximum Gasteiger partial charge on any atom is 0.329 e. The van der Waals surface area contributed by atoms with Crippen LogP contribution in [0, 0.1) is 58.7 Å². The minimum Gasteiger partial charge on any atom is -0.480 e. The van der Waals surface area contributed by atoms with E-state index in [2.05, 4.69) is 64.2 Å². The molecule has 0 radical (unpaired) electrons. The smallest absolute Gasteiger partial charge is 0.329 e. The monoisotopic (exact) mass is 763 g/mol. The summed E-state index contributed by atoms with van der Waals surface area (Å²) >= 11 is 0. The van der Waals surface area contributed by atoms with Crippen LogP contribution in [-0.4, -0.2) is 122 Å². The molecular weight excluding hydrogens is 688 g/mol. The summed E-state index contributed by atoms with van der Waals surface area (Å²) in [6.07, 6.45) is 8.31. The average Bonchev–Trinajstić information content (AvgIpc) is 3.46. The molecule has 5 aliphatic carbocycles. The summed E-state index contributed by atoms with van der Waals surface area (Å²) in [5.74, 6) is 1.05. The number of aliphatic carboxylic acids is 1. The van der Waals surface area contributed by atoms with Gasteiger partial charge in [0.05, 0.1) is 18.8 Å². The van der Waals surface area contributed by atoms with Gasteiger partial charge in [0.15, 0.2) is 0 Å². The first kappa shape index (κ1) is 43.3. The zero-order valence-corrected chi connectivity index (χ0v) is 34.8. The summed E-state index contributed by atoms with van der Waals surface area (Å²) in [6.45, 7) is 13.8. The Labute approximate surface area is 325 Å². The van der Waals surface area contributed by atoms with Gasteiger partial charge in [0, 0.05) is 50.0 Å². The number of methoxy groups -OCH3 is 1. The lowest BCUT2D eigenvalue weighted by molar-refractivity contribution is -0.196. The van der Waals surface area contributed by atoms with Gasteiger partial charge in [-0.2, -0.15) is 5.06 Å². The maximum absolute atomic E-state index is 14.4. The van der Waals surface area contributed by atoms with Crippen molar-refractivity contribution >= 4 is 17.8 Å². The van der Waals surface area contributed by atoms with E-state index in [-0.39, 0.29) is 59.8 Å². The fourth-order valence-electron chi connectivity index (χ4n) is 11.7. The number of carbonyl (C=O) groups is 3. The molecule has 6 fully saturated rings. The lowest BCUT2D eigenvalue weighted by Gasteiger charge is -2.62. The van der Waals surface area contributed by atoms with E-state index in [1.165, 1.54) is 6.42 Å². The number of carboxylic acids is 1. The predicted octanol–water partition coefficient (Wildman–Crippen LogP) is 4.59. The van der Waals surface area contributed by atoms with Crippen LogP contribution in [0.15, 0.2) is 0 Å². The van der Waals surface area contributed by atoms with Gasteiger partial charge in [-0.3, -0.25) is 14.4 Å². The summed E-state index contributed by atoms with van der Waals surface area (Å²) < 4.78 is 11.9. The molecule has 1 aliphatic heterocycles. The normalized spacial score (nSPS) is 37.8. The zero-order chi connectivity index (χ0) is 39.5. The molecule has 0 aromatic heterocycles. The SMILES string of the molecule is COC1C(CN2O[C@@H](COCC(=O)O)[C@H]([C@H](C)O)C2C(=O)N[C@H]2CC3C[C@@H]([C@@H]2C)C3(C)C)CCCC1C1CCCC(C(=O)N[C@H](CC(C)C)CN(C)C)C1. The van der Waals surface area contributed by atoms with Gasteiger partial charge < -0.3 is 35.2 Å². The van der Waals surface area contributed by atoms with Crippen LogP contribution in [0.5, 0.6) is 0 Å². The lowest BCUT2D eigenvalue weighted by atomic mass is 9.45. The molecule has 6 rings (SSSR count). The highest BCUT2D eigenvalue weighted by atomic mass is 16.7. The molecule has 12 heteroatoms. The zero-order valence-electron chi connectivity index (χ0n) is 34.8. The van der Waals surface area contributed by atoms with E-state index in [1.54, 1.807) is 19.1 Å². The summed E-state index contributed by atoms with van der Waals surface area (Å²) in [4.78, 5) is 48.1. The highest BCUT2D eigenvalue weighted by molar-refractivity contribution is 5.83. The van der Waals surface area contributed by atoms with Gasteiger partial charge in [-0.25, -0.2) is 4.79 Å². The molecule has 4 N–H and O–H groups in total. The van der Waals surface area contributed by atoms with Crippen molar-refractivity contribution in [3.63, 3.8) is 0 Å². The number of carbonyl (C=O) groups excluding carboxylic acids is 2. The average molecular weight is 763 g/mol. The van der Waals surface area contributed by atoms with Crippen molar-refractivity contribution in [2.75, 3.05) is 47.5 Å². The van der Waals surface area contributed by atoms with Crippen molar-refractivity contribution in [3.05, 3.63) is 0 Å². The molecule has 12 nitrogen and oxygen atoms in total. The van der Waals surface area contributed by atoms with Crippen molar-refractivity contribution < 1.29 is 38.9 Å². The minimum atomic E-state index is -1.08. The highest BCUT2D eigenvalue weighted by Gasteiger charge is 2.58. The quantitative estimate of drug-likeness (QED) is 0.166. The molecule has 310 valence electrons. The molecule has 0 aromatic rings. The molecule has 2 amide bonds. The van der Waals surface area contributed by atoms with E-state index >= 15 is 0 Å². The van der Waals surface area contributed by atoms with Crippen molar-refractivity contribution in [2.45, 2.75) is 142 Å². The Bertz CT molecular complexity index is 1250. The maximum atomic E-state index is 14.4. The van der Waals surface area contributed by atoms with E-state index in [9.17, 15) is 24.6 Å². The number of aliphatic hydroxyl groups excluding tert-OH is 1. The van der Waals surface area contributed by atoms with E-state index in [4.69, 9.17) is 14.3 Å². The van der Waals surface area contributed by atoms with Gasteiger partial charge in [0.2, 0.25) is 11.8 Å². The number of amides is 2. The van der Waals surface area contributed by atoms with Gasteiger partial charge in [0.25, 0.3) is 0 Å². The van der Waals surface area contributed by atoms with Crippen LogP contribution < -0.4 is 10.6 Å². The number of hydrogen-bond acceptors (Lipinski definition) is 9. The predicted molar refractivity (Wildman–Crippen MR) is 207 cm³/mol. The van der Waals surface area contributed by atoms with Crippen LogP contribution in [0.4, 0.5) is 0 Å².